The van der Waals surface area contributed by atoms with Gasteiger partial charge in [-0.3, -0.25) is 33.6 Å². The third-order valence-electron chi connectivity index (χ3n) is 9.89. The van der Waals surface area contributed by atoms with Crippen molar-refractivity contribution < 1.29 is 43.5 Å². The highest BCUT2D eigenvalue weighted by Crippen LogP contribution is 2.22. The van der Waals surface area contributed by atoms with Crippen molar-refractivity contribution in [1.82, 2.24) is 36.4 Å². The summed E-state index contributed by atoms with van der Waals surface area (Å²) in [5, 5.41) is 23.3. The van der Waals surface area contributed by atoms with Gasteiger partial charge in [-0.15, -0.1) is 0 Å². The number of carboxylic acid groups (broad SMARTS) is 1. The van der Waals surface area contributed by atoms with Crippen molar-refractivity contribution >= 4 is 47.3 Å². The van der Waals surface area contributed by atoms with Gasteiger partial charge < -0.3 is 53.0 Å². The normalized spacial score (nSPS) is 22.3. The summed E-state index contributed by atoms with van der Waals surface area (Å²) in [6.07, 6.45) is 3.96. The van der Waals surface area contributed by atoms with E-state index in [1.807, 2.05) is 0 Å². The molecule has 7 amide bonds. The summed E-state index contributed by atoms with van der Waals surface area (Å²) in [6, 6.07) is -6.76. The second-order valence-electron chi connectivity index (χ2n) is 14.2. The Hall–Kier alpha value is -4.32. The van der Waals surface area contributed by atoms with Gasteiger partial charge in [-0.1, -0.05) is 13.8 Å². The van der Waals surface area contributed by atoms with Gasteiger partial charge in [0.25, 0.3) is 0 Å². The molecule has 292 valence electrons. The van der Waals surface area contributed by atoms with E-state index in [1.54, 1.807) is 13.8 Å². The maximum Gasteiger partial charge on any atom is 0.326 e. The molecule has 3 saturated heterocycles. The number of likely N-dealkylation sites (tertiary alicyclic amines) is 2. The molecular weight excluding hydrogens is 678 g/mol. The van der Waals surface area contributed by atoms with Crippen LogP contribution < -0.4 is 38.1 Å². The molecule has 0 aromatic rings. The van der Waals surface area contributed by atoms with Crippen molar-refractivity contribution in [1.29, 1.82) is 0 Å². The maximum absolute atomic E-state index is 13.7. The maximum atomic E-state index is 13.7. The van der Waals surface area contributed by atoms with Crippen molar-refractivity contribution in [2.24, 2.45) is 17.4 Å². The van der Waals surface area contributed by atoms with Gasteiger partial charge in [-0.25, -0.2) is 4.79 Å². The first-order chi connectivity index (χ1) is 24.7. The van der Waals surface area contributed by atoms with Crippen LogP contribution >= 0.6 is 0 Å². The summed E-state index contributed by atoms with van der Waals surface area (Å²) in [5.74, 6) is -5.49. The number of carboxylic acids is 1. The number of hydrogen-bond donors (Lipinski definition) is 8. The second kappa shape index (κ2) is 20.1. The number of nitrogens with one attached hydrogen (secondary N) is 5. The summed E-state index contributed by atoms with van der Waals surface area (Å²) < 4.78 is 0. The van der Waals surface area contributed by atoms with Gasteiger partial charge >= 0.3 is 5.97 Å². The van der Waals surface area contributed by atoms with Gasteiger partial charge in [-0.2, -0.15) is 0 Å². The predicted octanol–water partition coefficient (Wildman–Crippen LogP) is -2.19. The number of rotatable bonds is 19. The molecule has 0 aromatic carbocycles. The van der Waals surface area contributed by atoms with Crippen molar-refractivity contribution in [2.75, 3.05) is 26.2 Å². The SMILES string of the molecule is CC(C)[C@H](NC(=O)[C@@H]1CCCN1)C(=O)N1CCC[C@H]1C(=O)N[C@@H](CCC(N)=O)C(=O)N[C@@H](C)C(=O)N[C@@H](CCCCN)C(=O)N1CCC[C@H]1C(=O)O. The van der Waals surface area contributed by atoms with Crippen LogP contribution in [0.3, 0.4) is 0 Å². The fourth-order valence-electron chi connectivity index (χ4n) is 6.89. The number of primary amides is 1. The number of unbranched alkanes of at least 4 members (excludes halogenated alkanes) is 1. The third kappa shape index (κ3) is 11.6. The minimum atomic E-state index is -1.30. The molecule has 3 aliphatic rings. The molecule has 0 radical (unpaired) electrons. The van der Waals surface area contributed by atoms with E-state index >= 15 is 0 Å². The smallest absolute Gasteiger partial charge is 0.326 e. The van der Waals surface area contributed by atoms with Gasteiger partial charge in [0.2, 0.25) is 41.4 Å². The Morgan fingerprint density at radius 2 is 1.40 bits per heavy atom. The lowest BCUT2D eigenvalue weighted by Crippen LogP contribution is -2.59. The zero-order valence-corrected chi connectivity index (χ0v) is 30.5. The van der Waals surface area contributed by atoms with Gasteiger partial charge in [0.1, 0.15) is 36.3 Å². The van der Waals surface area contributed by atoms with Crippen LogP contribution in [-0.2, 0) is 38.4 Å². The average molecular weight is 736 g/mol. The van der Waals surface area contributed by atoms with Crippen molar-refractivity contribution in [2.45, 2.75) is 134 Å². The first-order valence-corrected chi connectivity index (χ1v) is 18.4. The Bertz CT molecular complexity index is 1320. The fraction of sp³-hybridized carbons (Fsp3) is 0.765. The van der Waals surface area contributed by atoms with Crippen molar-refractivity contribution in [3.05, 3.63) is 0 Å². The van der Waals surface area contributed by atoms with E-state index in [2.05, 4.69) is 26.6 Å². The molecule has 0 bridgehead atoms. The van der Waals surface area contributed by atoms with Crippen LogP contribution in [0.4, 0.5) is 0 Å². The highest BCUT2D eigenvalue weighted by molar-refractivity contribution is 5.97. The number of amides is 7. The topological polar surface area (TPSA) is 275 Å². The number of nitrogens with two attached hydrogens (primary N) is 2. The molecule has 3 heterocycles. The molecule has 52 heavy (non-hydrogen) atoms. The average Bonchev–Trinajstić information content (AvgIpc) is 3.90. The van der Waals surface area contributed by atoms with Gasteiger partial charge in [0.05, 0.1) is 6.04 Å². The number of hydrogen-bond acceptors (Lipinski definition) is 10. The molecule has 3 rings (SSSR count). The Morgan fingerprint density at radius 3 is 1.98 bits per heavy atom. The molecule has 18 nitrogen and oxygen atoms in total. The first kappa shape index (κ1) is 42.1. The molecule has 10 N–H and O–H groups in total. The van der Waals surface area contributed by atoms with E-state index in [-0.39, 0.29) is 44.2 Å². The van der Waals surface area contributed by atoms with Crippen LogP contribution in [0.1, 0.15) is 91.4 Å². The van der Waals surface area contributed by atoms with Crippen LogP contribution in [0, 0.1) is 5.92 Å². The van der Waals surface area contributed by atoms with Crippen LogP contribution in [0.2, 0.25) is 0 Å². The van der Waals surface area contributed by atoms with Crippen LogP contribution in [0.5, 0.6) is 0 Å². The Labute approximate surface area is 304 Å². The standard InChI is InChI=1S/C34H57N9O9/c1-19(2)27(41-29(46)21-10-6-16-37-21)33(50)42-17-7-11-24(42)31(48)39-22(13-14-26(36)44)30(47)38-20(3)28(45)40-23(9-4-5-15-35)32(49)43-18-8-12-25(43)34(51)52/h19-25,27,37H,4-18,35H2,1-3H3,(H2,36,44)(H,38,47)(H,39,48)(H,40,45)(H,41,46)(H,51,52)/t20-,21-,22-,23-,24-,25-,27-/m0/s1. The first-order valence-electron chi connectivity index (χ1n) is 18.4. The summed E-state index contributed by atoms with van der Waals surface area (Å²) in [7, 11) is 0. The number of carbonyl (C=O) groups excluding carboxylic acids is 7. The second-order valence-corrected chi connectivity index (χ2v) is 14.2. The summed E-state index contributed by atoms with van der Waals surface area (Å²) in [4.78, 5) is 106. The number of aliphatic carboxylic acids is 1. The Balaban J connectivity index is 1.68. The van der Waals surface area contributed by atoms with E-state index < -0.39 is 83.7 Å². The molecule has 0 aromatic heterocycles. The molecule has 18 heteroatoms. The zero-order chi connectivity index (χ0) is 38.5. The summed E-state index contributed by atoms with van der Waals surface area (Å²) in [6.45, 7) is 6.56. The van der Waals surface area contributed by atoms with Gasteiger partial charge in [-0.05, 0) is 90.1 Å². The highest BCUT2D eigenvalue weighted by atomic mass is 16.4. The monoisotopic (exact) mass is 735 g/mol. The van der Waals surface area contributed by atoms with E-state index in [0.717, 1.165) is 6.42 Å². The van der Waals surface area contributed by atoms with Crippen LogP contribution in [-0.4, -0.2) is 131 Å². The van der Waals surface area contributed by atoms with Crippen LogP contribution in [0.25, 0.3) is 0 Å². The number of nitrogens with zero attached hydrogens (tertiary/aromatic N) is 2. The minimum Gasteiger partial charge on any atom is -0.480 e. The molecular formula is C34H57N9O9. The van der Waals surface area contributed by atoms with E-state index in [4.69, 9.17) is 11.5 Å². The molecule has 3 fully saturated rings. The molecule has 7 atom stereocenters. The van der Waals surface area contributed by atoms with E-state index in [1.165, 1.54) is 16.7 Å². The predicted molar refractivity (Wildman–Crippen MR) is 188 cm³/mol. The van der Waals surface area contributed by atoms with Crippen LogP contribution in [0.15, 0.2) is 0 Å². The summed E-state index contributed by atoms with van der Waals surface area (Å²) >= 11 is 0. The largest absolute Gasteiger partial charge is 0.480 e. The molecule has 0 spiro atoms. The van der Waals surface area contributed by atoms with Gasteiger partial charge in [0.15, 0.2) is 0 Å². The van der Waals surface area contributed by atoms with E-state index in [0.29, 0.717) is 58.0 Å². The quantitative estimate of drug-likeness (QED) is 0.0660. The Kier molecular flexibility index (Phi) is 16.2. The lowest BCUT2D eigenvalue weighted by molar-refractivity contribution is -0.149. The minimum absolute atomic E-state index is 0.188. The summed E-state index contributed by atoms with van der Waals surface area (Å²) in [5.41, 5.74) is 11.0. The fourth-order valence-corrected chi connectivity index (χ4v) is 6.89. The molecule has 0 aliphatic carbocycles. The number of carbonyl (C=O) groups is 8. The molecule has 0 unspecified atom stereocenters. The highest BCUT2D eigenvalue weighted by Gasteiger charge is 2.41. The van der Waals surface area contributed by atoms with Crippen molar-refractivity contribution in [3.63, 3.8) is 0 Å². The lowest BCUT2D eigenvalue weighted by Gasteiger charge is -2.32. The van der Waals surface area contributed by atoms with Gasteiger partial charge in [0, 0.05) is 19.5 Å². The zero-order valence-electron chi connectivity index (χ0n) is 30.5. The third-order valence-corrected chi connectivity index (χ3v) is 9.89. The molecule has 0 saturated carbocycles. The van der Waals surface area contributed by atoms with Crippen molar-refractivity contribution in [3.8, 4) is 0 Å². The lowest BCUT2D eigenvalue weighted by atomic mass is 10.0. The molecule has 3 aliphatic heterocycles. The Morgan fingerprint density at radius 1 is 0.750 bits per heavy atom. The van der Waals surface area contributed by atoms with E-state index in [9.17, 15) is 43.5 Å².